The number of hydrogen-bond donors (Lipinski definition) is 3. The molecule has 3 rings (SSSR count). The Labute approximate surface area is 151 Å². The zero-order chi connectivity index (χ0) is 17.5. The molecular weight excluding hydrogens is 336 g/mol. The summed E-state index contributed by atoms with van der Waals surface area (Å²) in [5, 5.41) is 14.7. The molecule has 0 bridgehead atoms. The fraction of sp³-hybridized carbons (Fsp3) is 0.333. The van der Waals surface area contributed by atoms with Gasteiger partial charge in [0.1, 0.15) is 0 Å². The van der Waals surface area contributed by atoms with Gasteiger partial charge in [0.25, 0.3) is 5.91 Å². The number of hydroxylamine groups is 1. The Morgan fingerprint density at radius 3 is 2.80 bits per heavy atom. The van der Waals surface area contributed by atoms with Crippen LogP contribution in [-0.4, -0.2) is 40.1 Å². The predicted molar refractivity (Wildman–Crippen MR) is 99.4 cm³/mol. The molecule has 1 fully saturated rings. The number of rotatable bonds is 6. The molecule has 0 atom stereocenters. The second-order valence-electron chi connectivity index (χ2n) is 6.07. The van der Waals surface area contributed by atoms with Gasteiger partial charge < -0.3 is 5.32 Å². The van der Waals surface area contributed by atoms with Gasteiger partial charge in [-0.1, -0.05) is 30.3 Å². The summed E-state index contributed by atoms with van der Waals surface area (Å²) in [4.78, 5) is 17.9. The minimum atomic E-state index is -0.562. The van der Waals surface area contributed by atoms with Gasteiger partial charge in [-0.3, -0.25) is 14.9 Å². The van der Waals surface area contributed by atoms with Crippen LogP contribution in [0.1, 0.15) is 24.1 Å². The van der Waals surface area contributed by atoms with Gasteiger partial charge in [-0.2, -0.15) is 0 Å². The van der Waals surface area contributed by atoms with Crippen molar-refractivity contribution in [3.63, 3.8) is 0 Å². The lowest BCUT2D eigenvalue weighted by molar-refractivity contribution is -0.124. The van der Waals surface area contributed by atoms with E-state index in [1.807, 2.05) is 11.4 Å². The Hall–Kier alpha value is -2.22. The highest BCUT2D eigenvalue weighted by Gasteiger charge is 2.19. The first-order valence-corrected chi connectivity index (χ1v) is 9.21. The number of benzene rings is 1. The van der Waals surface area contributed by atoms with Crippen molar-refractivity contribution in [2.75, 3.05) is 18.4 Å². The summed E-state index contributed by atoms with van der Waals surface area (Å²) in [6, 6.07) is 11.0. The number of piperidine rings is 1. The van der Waals surface area contributed by atoms with Crippen LogP contribution in [0.25, 0.3) is 6.08 Å². The van der Waals surface area contributed by atoms with Crippen molar-refractivity contribution in [3.8, 4) is 0 Å². The molecule has 132 valence electrons. The lowest BCUT2D eigenvalue weighted by atomic mass is 10.0. The van der Waals surface area contributed by atoms with Gasteiger partial charge in [-0.15, -0.1) is 11.3 Å². The normalized spacial score (nSPS) is 16.2. The molecule has 2 aromatic rings. The number of nitrogens with zero attached hydrogens (tertiary/aromatic N) is 2. The smallest absolute Gasteiger partial charge is 0.267 e. The lowest BCUT2D eigenvalue weighted by Crippen LogP contribution is -2.38. The average Bonchev–Trinajstić information content (AvgIpc) is 3.09. The van der Waals surface area contributed by atoms with E-state index in [0.29, 0.717) is 11.7 Å². The van der Waals surface area contributed by atoms with Crippen LogP contribution in [0.3, 0.4) is 0 Å². The topological polar surface area (TPSA) is 77.5 Å². The molecule has 1 aromatic carbocycles. The van der Waals surface area contributed by atoms with Gasteiger partial charge in [0.05, 0.1) is 5.69 Å². The summed E-state index contributed by atoms with van der Waals surface area (Å²) in [5.74, 6) is -0.562. The van der Waals surface area contributed by atoms with E-state index in [0.717, 1.165) is 37.6 Å². The predicted octanol–water partition coefficient (Wildman–Crippen LogP) is 2.74. The molecule has 1 aromatic heterocycles. The van der Waals surface area contributed by atoms with E-state index < -0.39 is 5.91 Å². The summed E-state index contributed by atoms with van der Waals surface area (Å²) in [6.07, 6.45) is 5.01. The molecule has 0 spiro atoms. The van der Waals surface area contributed by atoms with Crippen LogP contribution < -0.4 is 10.8 Å². The van der Waals surface area contributed by atoms with Crippen LogP contribution in [0.2, 0.25) is 0 Å². The summed E-state index contributed by atoms with van der Waals surface area (Å²) in [5.41, 5.74) is 3.62. The summed E-state index contributed by atoms with van der Waals surface area (Å²) in [7, 11) is 0. The standard InChI is InChI=1S/C18H22N4O2S/c23-17(21-24)7-6-16-13-25-18(20-16)19-15-8-10-22(11-9-15)12-14-4-2-1-3-5-14/h1-7,13,15,24H,8-12H2,(H,19,20)(H,21,23)/b7-6+. The van der Waals surface area contributed by atoms with Gasteiger partial charge >= 0.3 is 0 Å². The van der Waals surface area contributed by atoms with E-state index in [9.17, 15) is 4.79 Å². The maximum absolute atomic E-state index is 11.0. The van der Waals surface area contributed by atoms with Crippen LogP contribution in [0.4, 0.5) is 5.13 Å². The number of nitrogens with one attached hydrogen (secondary N) is 2. The monoisotopic (exact) mass is 358 g/mol. The largest absolute Gasteiger partial charge is 0.359 e. The van der Waals surface area contributed by atoms with E-state index in [1.54, 1.807) is 11.6 Å². The molecule has 6 nitrogen and oxygen atoms in total. The number of amides is 1. The van der Waals surface area contributed by atoms with Gasteiger partial charge in [-0.05, 0) is 24.5 Å². The minimum absolute atomic E-state index is 0.427. The number of anilines is 1. The molecule has 3 N–H and O–H groups in total. The van der Waals surface area contributed by atoms with E-state index >= 15 is 0 Å². The highest BCUT2D eigenvalue weighted by molar-refractivity contribution is 7.13. The molecule has 0 radical (unpaired) electrons. The van der Waals surface area contributed by atoms with E-state index in [2.05, 4.69) is 39.5 Å². The molecule has 0 saturated carbocycles. The zero-order valence-electron chi connectivity index (χ0n) is 13.9. The Kier molecular flexibility index (Phi) is 6.16. The van der Waals surface area contributed by atoms with Crippen molar-refractivity contribution in [1.82, 2.24) is 15.4 Å². The first-order chi connectivity index (χ1) is 12.2. The van der Waals surface area contributed by atoms with E-state index in [-0.39, 0.29) is 0 Å². The third-order valence-electron chi connectivity index (χ3n) is 4.20. The van der Waals surface area contributed by atoms with Gasteiger partial charge in [0.15, 0.2) is 5.13 Å². The SMILES string of the molecule is O=C(/C=C/c1csc(NC2CCN(Cc3ccccc3)CC2)n1)NO. The Morgan fingerprint density at radius 2 is 2.08 bits per heavy atom. The molecular formula is C18H22N4O2S. The van der Waals surface area contributed by atoms with Crippen molar-refractivity contribution in [2.45, 2.75) is 25.4 Å². The second-order valence-corrected chi connectivity index (χ2v) is 6.93. The Bertz CT molecular complexity index is 709. The van der Waals surface area contributed by atoms with E-state index in [4.69, 9.17) is 5.21 Å². The number of carbonyl (C=O) groups is 1. The second kappa shape index (κ2) is 8.75. The third-order valence-corrected chi connectivity index (χ3v) is 4.99. The van der Waals surface area contributed by atoms with Gasteiger partial charge in [0.2, 0.25) is 0 Å². The molecule has 1 amide bonds. The van der Waals surface area contributed by atoms with Crippen LogP contribution in [0, 0.1) is 0 Å². The first-order valence-electron chi connectivity index (χ1n) is 8.33. The fourth-order valence-corrected chi connectivity index (χ4v) is 3.64. The van der Waals surface area contributed by atoms with Gasteiger partial charge in [0, 0.05) is 37.1 Å². The van der Waals surface area contributed by atoms with Crippen LogP contribution >= 0.6 is 11.3 Å². The number of hydrogen-bond acceptors (Lipinski definition) is 6. The molecule has 2 heterocycles. The number of likely N-dealkylation sites (tertiary alicyclic amines) is 1. The maximum atomic E-state index is 11.0. The Morgan fingerprint density at radius 1 is 1.32 bits per heavy atom. The van der Waals surface area contributed by atoms with Crippen molar-refractivity contribution in [3.05, 3.63) is 53.0 Å². The van der Waals surface area contributed by atoms with Crippen LogP contribution in [-0.2, 0) is 11.3 Å². The maximum Gasteiger partial charge on any atom is 0.267 e. The summed E-state index contributed by atoms with van der Waals surface area (Å²) >= 11 is 1.52. The van der Waals surface area contributed by atoms with Crippen LogP contribution in [0.5, 0.6) is 0 Å². The first kappa shape index (κ1) is 17.6. The summed E-state index contributed by atoms with van der Waals surface area (Å²) in [6.45, 7) is 3.15. The van der Waals surface area contributed by atoms with Crippen molar-refractivity contribution >= 4 is 28.5 Å². The highest BCUT2D eigenvalue weighted by Crippen LogP contribution is 2.21. The fourth-order valence-electron chi connectivity index (χ4n) is 2.88. The minimum Gasteiger partial charge on any atom is -0.359 e. The van der Waals surface area contributed by atoms with Crippen molar-refractivity contribution in [2.24, 2.45) is 0 Å². The molecule has 0 unspecified atom stereocenters. The van der Waals surface area contributed by atoms with Crippen molar-refractivity contribution < 1.29 is 10.0 Å². The number of thiazole rings is 1. The third kappa shape index (κ3) is 5.38. The number of carbonyl (C=O) groups excluding carboxylic acids is 1. The molecule has 25 heavy (non-hydrogen) atoms. The average molecular weight is 358 g/mol. The zero-order valence-corrected chi connectivity index (χ0v) is 14.7. The summed E-state index contributed by atoms with van der Waals surface area (Å²) < 4.78 is 0. The van der Waals surface area contributed by atoms with Crippen LogP contribution in [0.15, 0.2) is 41.8 Å². The van der Waals surface area contributed by atoms with E-state index in [1.165, 1.54) is 23.0 Å². The highest BCUT2D eigenvalue weighted by atomic mass is 32.1. The molecule has 1 aliphatic heterocycles. The Balaban J connectivity index is 1.45. The molecule has 0 aliphatic carbocycles. The van der Waals surface area contributed by atoms with Crippen molar-refractivity contribution in [1.29, 1.82) is 0 Å². The number of aromatic nitrogens is 1. The molecule has 1 saturated heterocycles. The molecule has 7 heteroatoms. The quantitative estimate of drug-likeness (QED) is 0.420. The molecule has 1 aliphatic rings. The van der Waals surface area contributed by atoms with Gasteiger partial charge in [-0.25, -0.2) is 10.5 Å². The lowest BCUT2D eigenvalue weighted by Gasteiger charge is -2.32.